The molecule has 2 rings (SSSR count). The molecule has 13 heavy (non-hydrogen) atoms. The van der Waals surface area contributed by atoms with Crippen LogP contribution in [0.4, 0.5) is 0 Å². The van der Waals surface area contributed by atoms with Gasteiger partial charge in [-0.05, 0) is 30.2 Å². The summed E-state index contributed by atoms with van der Waals surface area (Å²) in [6, 6.07) is 0. The van der Waals surface area contributed by atoms with Crippen LogP contribution in [-0.2, 0) is 24.3 Å². The van der Waals surface area contributed by atoms with Crippen LogP contribution in [0, 0.1) is 0 Å². The highest BCUT2D eigenvalue weighted by Crippen LogP contribution is 2.19. The van der Waals surface area contributed by atoms with E-state index < -0.39 is 0 Å². The average molecular weight is 178 g/mol. The van der Waals surface area contributed by atoms with Gasteiger partial charge >= 0.3 is 0 Å². The Morgan fingerprint density at radius 3 is 3.31 bits per heavy atom. The van der Waals surface area contributed by atoms with Gasteiger partial charge < -0.3 is 10.1 Å². The Kier molecular flexibility index (Phi) is 2.57. The number of hydrogen-bond acceptors (Lipinski definition) is 3. The maximum Gasteiger partial charge on any atom is 0.0734 e. The molecule has 0 saturated heterocycles. The summed E-state index contributed by atoms with van der Waals surface area (Å²) < 4.78 is 5.37. The Bertz CT molecular complexity index is 299. The lowest BCUT2D eigenvalue weighted by atomic mass is 10.0. The quantitative estimate of drug-likeness (QED) is 0.729. The lowest BCUT2D eigenvalue weighted by molar-refractivity contribution is 0.110. The fourth-order valence-electron chi connectivity index (χ4n) is 1.72. The third kappa shape index (κ3) is 1.71. The van der Waals surface area contributed by atoms with E-state index in [4.69, 9.17) is 4.74 Å². The molecule has 0 saturated carbocycles. The van der Waals surface area contributed by atoms with Crippen molar-refractivity contribution in [3.8, 4) is 0 Å². The van der Waals surface area contributed by atoms with E-state index in [1.807, 2.05) is 19.4 Å². The Morgan fingerprint density at radius 1 is 1.54 bits per heavy atom. The molecule has 2 heterocycles. The van der Waals surface area contributed by atoms with Gasteiger partial charge in [0, 0.05) is 18.9 Å². The second kappa shape index (κ2) is 3.85. The van der Waals surface area contributed by atoms with Crippen molar-refractivity contribution >= 4 is 0 Å². The maximum absolute atomic E-state index is 5.37. The van der Waals surface area contributed by atoms with E-state index in [-0.39, 0.29) is 0 Å². The summed E-state index contributed by atoms with van der Waals surface area (Å²) in [5.41, 5.74) is 3.98. The van der Waals surface area contributed by atoms with Gasteiger partial charge in [-0.1, -0.05) is 0 Å². The second-order valence-corrected chi connectivity index (χ2v) is 3.27. The van der Waals surface area contributed by atoms with Crippen molar-refractivity contribution in [1.29, 1.82) is 0 Å². The summed E-state index contributed by atoms with van der Waals surface area (Å²) in [6.07, 6.45) is 4.88. The van der Waals surface area contributed by atoms with Gasteiger partial charge in [-0.25, -0.2) is 0 Å². The first-order chi connectivity index (χ1) is 6.42. The number of hydrogen-bond donors (Lipinski definition) is 1. The topological polar surface area (TPSA) is 34.2 Å². The third-order valence-electron chi connectivity index (χ3n) is 2.36. The van der Waals surface area contributed by atoms with E-state index in [1.54, 1.807) is 0 Å². The molecule has 3 heteroatoms. The van der Waals surface area contributed by atoms with Crippen molar-refractivity contribution in [2.45, 2.75) is 19.6 Å². The van der Waals surface area contributed by atoms with Crippen LogP contribution in [0.3, 0.4) is 0 Å². The molecule has 0 amide bonds. The first-order valence-corrected chi connectivity index (χ1v) is 4.59. The first kappa shape index (κ1) is 8.66. The number of fused-ring (bicyclic) bond motifs is 1. The number of ether oxygens (including phenoxy) is 1. The fraction of sp³-hybridized carbons (Fsp3) is 0.500. The van der Waals surface area contributed by atoms with E-state index in [0.717, 1.165) is 26.2 Å². The van der Waals surface area contributed by atoms with Gasteiger partial charge in [0.25, 0.3) is 0 Å². The van der Waals surface area contributed by atoms with E-state index in [1.165, 1.54) is 16.7 Å². The second-order valence-electron chi connectivity index (χ2n) is 3.27. The minimum atomic E-state index is 0.722. The highest BCUT2D eigenvalue weighted by Gasteiger charge is 2.12. The molecular formula is C10H14N2O. The zero-order chi connectivity index (χ0) is 9.10. The number of aromatic nitrogens is 1. The average Bonchev–Trinajstić information content (AvgIpc) is 2.19. The van der Waals surface area contributed by atoms with Crippen molar-refractivity contribution in [2.75, 3.05) is 13.7 Å². The zero-order valence-corrected chi connectivity index (χ0v) is 7.84. The van der Waals surface area contributed by atoms with Gasteiger partial charge in [0.05, 0.1) is 13.2 Å². The molecule has 0 bridgehead atoms. The van der Waals surface area contributed by atoms with Crippen LogP contribution in [0.25, 0.3) is 0 Å². The maximum atomic E-state index is 5.37. The summed E-state index contributed by atoms with van der Waals surface area (Å²) in [4.78, 5) is 4.20. The molecule has 0 atom stereocenters. The van der Waals surface area contributed by atoms with Crippen LogP contribution in [0.5, 0.6) is 0 Å². The lowest BCUT2D eigenvalue weighted by Crippen LogP contribution is -2.16. The van der Waals surface area contributed by atoms with Gasteiger partial charge in [-0.3, -0.25) is 4.98 Å². The van der Waals surface area contributed by atoms with Crippen LogP contribution in [0.15, 0.2) is 12.4 Å². The molecule has 0 spiro atoms. The Morgan fingerprint density at radius 2 is 2.46 bits per heavy atom. The SMILES string of the molecule is CNCc1cncc2c1CCOC2. The van der Waals surface area contributed by atoms with Gasteiger partial charge in [0.2, 0.25) is 0 Å². The van der Waals surface area contributed by atoms with Crippen molar-refractivity contribution in [1.82, 2.24) is 10.3 Å². The summed E-state index contributed by atoms with van der Waals surface area (Å²) in [6.45, 7) is 2.46. The fourth-order valence-corrected chi connectivity index (χ4v) is 1.72. The van der Waals surface area contributed by atoms with Crippen LogP contribution >= 0.6 is 0 Å². The Labute approximate surface area is 78.1 Å². The van der Waals surface area contributed by atoms with Crippen LogP contribution in [-0.4, -0.2) is 18.6 Å². The molecule has 0 radical (unpaired) electrons. The minimum Gasteiger partial charge on any atom is -0.376 e. The van der Waals surface area contributed by atoms with Crippen LogP contribution < -0.4 is 5.32 Å². The molecule has 1 N–H and O–H groups in total. The summed E-state index contributed by atoms with van der Waals surface area (Å²) in [5.74, 6) is 0. The molecule has 70 valence electrons. The van der Waals surface area contributed by atoms with E-state index >= 15 is 0 Å². The first-order valence-electron chi connectivity index (χ1n) is 4.59. The number of nitrogens with one attached hydrogen (secondary N) is 1. The molecule has 0 fully saturated rings. The number of pyridine rings is 1. The van der Waals surface area contributed by atoms with Crippen LogP contribution in [0.2, 0.25) is 0 Å². The number of nitrogens with zero attached hydrogens (tertiary/aromatic N) is 1. The van der Waals surface area contributed by atoms with Gasteiger partial charge in [-0.15, -0.1) is 0 Å². The molecule has 3 nitrogen and oxygen atoms in total. The van der Waals surface area contributed by atoms with Crippen molar-refractivity contribution < 1.29 is 4.74 Å². The minimum absolute atomic E-state index is 0.722. The van der Waals surface area contributed by atoms with Crippen LogP contribution in [0.1, 0.15) is 16.7 Å². The Balaban J connectivity index is 2.34. The predicted octanol–water partition coefficient (Wildman–Crippen LogP) is 0.874. The van der Waals surface area contributed by atoms with E-state index in [2.05, 4.69) is 10.3 Å². The van der Waals surface area contributed by atoms with Gasteiger partial charge in [0.15, 0.2) is 0 Å². The standard InChI is InChI=1S/C10H14N2O/c1-11-4-8-5-12-6-9-7-13-3-2-10(8)9/h5-6,11H,2-4,7H2,1H3. The molecule has 1 aliphatic heterocycles. The normalized spacial score (nSPS) is 15.5. The van der Waals surface area contributed by atoms with Gasteiger partial charge in [-0.2, -0.15) is 0 Å². The molecule has 0 aromatic carbocycles. The van der Waals surface area contributed by atoms with Crippen molar-refractivity contribution in [3.63, 3.8) is 0 Å². The molecule has 1 aliphatic rings. The smallest absolute Gasteiger partial charge is 0.0734 e. The Hall–Kier alpha value is -0.930. The summed E-state index contributed by atoms with van der Waals surface area (Å²) in [7, 11) is 1.96. The zero-order valence-electron chi connectivity index (χ0n) is 7.84. The highest BCUT2D eigenvalue weighted by atomic mass is 16.5. The highest BCUT2D eigenvalue weighted by molar-refractivity contribution is 5.32. The molecule has 0 unspecified atom stereocenters. The van der Waals surface area contributed by atoms with Crippen molar-refractivity contribution in [3.05, 3.63) is 29.1 Å². The van der Waals surface area contributed by atoms with E-state index in [0.29, 0.717) is 0 Å². The van der Waals surface area contributed by atoms with Crippen molar-refractivity contribution in [2.24, 2.45) is 0 Å². The molecular weight excluding hydrogens is 164 g/mol. The number of rotatable bonds is 2. The van der Waals surface area contributed by atoms with E-state index in [9.17, 15) is 0 Å². The summed E-state index contributed by atoms with van der Waals surface area (Å²) >= 11 is 0. The lowest BCUT2D eigenvalue weighted by Gasteiger charge is -2.18. The monoisotopic (exact) mass is 178 g/mol. The largest absolute Gasteiger partial charge is 0.376 e. The summed E-state index contributed by atoms with van der Waals surface area (Å²) in [5, 5.41) is 3.15. The molecule has 0 aliphatic carbocycles. The van der Waals surface area contributed by atoms with Gasteiger partial charge in [0.1, 0.15) is 0 Å². The predicted molar refractivity (Wildman–Crippen MR) is 50.4 cm³/mol. The molecule has 1 aromatic heterocycles. The third-order valence-corrected chi connectivity index (χ3v) is 2.36. The molecule has 1 aromatic rings.